The molecule has 1 amide bonds. The molecule has 2 rings (SSSR count). The summed E-state index contributed by atoms with van der Waals surface area (Å²) in [4.78, 5) is 15.9. The predicted molar refractivity (Wildman–Crippen MR) is 76.1 cm³/mol. The monoisotopic (exact) mass is 284 g/mol. The summed E-state index contributed by atoms with van der Waals surface area (Å²) in [5.74, 6) is -0.709. The normalized spacial score (nSPS) is 9.76. The molecule has 0 aliphatic heterocycles. The number of carbonyl (C=O) groups is 1. The van der Waals surface area contributed by atoms with Gasteiger partial charge in [-0.1, -0.05) is 12.1 Å². The van der Waals surface area contributed by atoms with Crippen LogP contribution in [0.25, 0.3) is 0 Å². The number of benzene rings is 1. The maximum atomic E-state index is 13.2. The topological polar surface area (TPSA) is 77.8 Å². The molecule has 106 valence electrons. The van der Waals surface area contributed by atoms with Crippen molar-refractivity contribution in [2.75, 3.05) is 12.4 Å². The number of anilines is 1. The quantitative estimate of drug-likeness (QED) is 0.901. The lowest BCUT2D eigenvalue weighted by Crippen LogP contribution is -2.24. The lowest BCUT2D eigenvalue weighted by molar-refractivity contribution is 0.0951. The van der Waals surface area contributed by atoms with Crippen LogP contribution in [0.5, 0.6) is 0 Å². The highest BCUT2D eigenvalue weighted by atomic mass is 19.1. The van der Waals surface area contributed by atoms with E-state index in [1.807, 2.05) is 6.07 Å². The highest BCUT2D eigenvalue weighted by Crippen LogP contribution is 2.13. The van der Waals surface area contributed by atoms with Gasteiger partial charge in [-0.3, -0.25) is 4.79 Å². The minimum Gasteiger partial charge on any atom is -0.372 e. The molecule has 2 N–H and O–H groups in total. The largest absolute Gasteiger partial charge is 0.372 e. The molecule has 0 unspecified atom stereocenters. The summed E-state index contributed by atoms with van der Waals surface area (Å²) in [5, 5.41) is 14.2. The number of aromatic nitrogens is 1. The lowest BCUT2D eigenvalue weighted by atomic mass is 10.1. The third kappa shape index (κ3) is 3.54. The summed E-state index contributed by atoms with van der Waals surface area (Å²) in [5.41, 5.74) is 1.44. The van der Waals surface area contributed by atoms with Crippen molar-refractivity contribution in [2.45, 2.75) is 6.54 Å². The van der Waals surface area contributed by atoms with Crippen molar-refractivity contribution in [3.05, 3.63) is 59.0 Å². The second-order valence-corrected chi connectivity index (χ2v) is 4.29. The first-order valence-electron chi connectivity index (χ1n) is 6.24. The molecule has 1 aromatic carbocycles. The van der Waals surface area contributed by atoms with Crippen molar-refractivity contribution in [3.8, 4) is 6.07 Å². The van der Waals surface area contributed by atoms with Crippen LogP contribution in [-0.2, 0) is 6.54 Å². The van der Waals surface area contributed by atoms with Crippen LogP contribution in [0.1, 0.15) is 21.5 Å². The SMILES string of the molecule is CNc1ncc(F)cc1C(=O)NCc1cccc(C#N)c1. The van der Waals surface area contributed by atoms with Crippen molar-refractivity contribution in [1.82, 2.24) is 10.3 Å². The van der Waals surface area contributed by atoms with Gasteiger partial charge in [0.1, 0.15) is 11.6 Å². The minimum absolute atomic E-state index is 0.133. The Labute approximate surface area is 121 Å². The van der Waals surface area contributed by atoms with E-state index in [0.717, 1.165) is 17.8 Å². The molecule has 0 radical (unpaired) electrons. The average Bonchev–Trinajstić information content (AvgIpc) is 2.52. The molecule has 0 bridgehead atoms. The number of halogens is 1. The first-order chi connectivity index (χ1) is 10.1. The molecule has 0 fully saturated rings. The molecule has 21 heavy (non-hydrogen) atoms. The number of hydrogen-bond donors (Lipinski definition) is 2. The second-order valence-electron chi connectivity index (χ2n) is 4.29. The van der Waals surface area contributed by atoms with Crippen molar-refractivity contribution in [1.29, 1.82) is 5.26 Å². The lowest BCUT2D eigenvalue weighted by Gasteiger charge is -2.09. The molecule has 0 saturated heterocycles. The molecule has 0 aliphatic carbocycles. The molecule has 0 saturated carbocycles. The molecule has 1 aromatic heterocycles. The van der Waals surface area contributed by atoms with Gasteiger partial charge in [-0.05, 0) is 23.8 Å². The molecule has 0 spiro atoms. The molecule has 2 aromatic rings. The second kappa shape index (κ2) is 6.48. The average molecular weight is 284 g/mol. The smallest absolute Gasteiger partial charge is 0.255 e. The first kappa shape index (κ1) is 14.5. The van der Waals surface area contributed by atoms with Crippen LogP contribution in [0.2, 0.25) is 0 Å². The van der Waals surface area contributed by atoms with E-state index in [4.69, 9.17) is 5.26 Å². The van der Waals surface area contributed by atoms with Gasteiger partial charge >= 0.3 is 0 Å². The fraction of sp³-hybridized carbons (Fsp3) is 0.133. The Morgan fingerprint density at radius 1 is 1.43 bits per heavy atom. The first-order valence-corrected chi connectivity index (χ1v) is 6.24. The Hall–Kier alpha value is -2.94. The van der Waals surface area contributed by atoms with Crippen LogP contribution in [0.3, 0.4) is 0 Å². The Kier molecular flexibility index (Phi) is 4.46. The van der Waals surface area contributed by atoms with Crippen LogP contribution >= 0.6 is 0 Å². The number of nitriles is 1. The third-order valence-corrected chi connectivity index (χ3v) is 2.84. The zero-order chi connectivity index (χ0) is 15.2. The highest BCUT2D eigenvalue weighted by Gasteiger charge is 2.13. The Morgan fingerprint density at radius 3 is 2.95 bits per heavy atom. The van der Waals surface area contributed by atoms with Gasteiger partial charge in [-0.2, -0.15) is 5.26 Å². The molecule has 0 atom stereocenters. The summed E-state index contributed by atoms with van der Waals surface area (Å²) < 4.78 is 13.2. The maximum absolute atomic E-state index is 13.2. The zero-order valence-electron chi connectivity index (χ0n) is 11.4. The molecule has 6 heteroatoms. The fourth-order valence-corrected chi connectivity index (χ4v) is 1.84. The third-order valence-electron chi connectivity index (χ3n) is 2.84. The van der Waals surface area contributed by atoms with E-state index in [2.05, 4.69) is 15.6 Å². The van der Waals surface area contributed by atoms with Gasteiger partial charge < -0.3 is 10.6 Å². The minimum atomic E-state index is -0.578. The summed E-state index contributed by atoms with van der Waals surface area (Å²) in [6.45, 7) is 0.244. The number of hydrogen-bond acceptors (Lipinski definition) is 4. The summed E-state index contributed by atoms with van der Waals surface area (Å²) in [7, 11) is 1.60. The van der Waals surface area contributed by atoms with Gasteiger partial charge in [-0.25, -0.2) is 9.37 Å². The summed E-state index contributed by atoms with van der Waals surface area (Å²) in [6.07, 6.45) is 1.04. The molecular weight excluding hydrogens is 271 g/mol. The zero-order valence-corrected chi connectivity index (χ0v) is 11.4. The van der Waals surface area contributed by atoms with Gasteiger partial charge in [0.25, 0.3) is 5.91 Å². The van der Waals surface area contributed by atoms with Gasteiger partial charge in [0.15, 0.2) is 0 Å². The van der Waals surface area contributed by atoms with E-state index in [1.54, 1.807) is 31.3 Å². The Morgan fingerprint density at radius 2 is 2.24 bits per heavy atom. The number of nitrogens with one attached hydrogen (secondary N) is 2. The fourth-order valence-electron chi connectivity index (χ4n) is 1.84. The van der Waals surface area contributed by atoms with Crippen LogP contribution in [-0.4, -0.2) is 17.9 Å². The van der Waals surface area contributed by atoms with E-state index in [1.165, 1.54) is 0 Å². The predicted octanol–water partition coefficient (Wildman–Crippen LogP) is 2.06. The number of pyridine rings is 1. The highest BCUT2D eigenvalue weighted by molar-refractivity contribution is 5.98. The van der Waals surface area contributed by atoms with E-state index < -0.39 is 11.7 Å². The number of amides is 1. The van der Waals surface area contributed by atoms with Gasteiger partial charge in [0.2, 0.25) is 0 Å². The van der Waals surface area contributed by atoms with Crippen LogP contribution in [0, 0.1) is 17.1 Å². The van der Waals surface area contributed by atoms with Crippen LogP contribution < -0.4 is 10.6 Å². The van der Waals surface area contributed by atoms with Gasteiger partial charge in [-0.15, -0.1) is 0 Å². The number of nitrogens with zero attached hydrogens (tertiary/aromatic N) is 2. The standard InChI is InChI=1S/C15H13FN4O/c1-18-14-13(6-12(16)9-19-14)15(21)20-8-11-4-2-3-10(5-11)7-17/h2-6,9H,8H2,1H3,(H,18,19)(H,20,21). The Bertz CT molecular complexity index is 709. The Balaban J connectivity index is 2.11. The number of carbonyl (C=O) groups excluding carboxylic acids is 1. The molecule has 1 heterocycles. The van der Waals surface area contributed by atoms with Crippen molar-refractivity contribution in [3.63, 3.8) is 0 Å². The van der Waals surface area contributed by atoms with E-state index >= 15 is 0 Å². The van der Waals surface area contributed by atoms with E-state index in [9.17, 15) is 9.18 Å². The van der Waals surface area contributed by atoms with Crippen molar-refractivity contribution >= 4 is 11.7 Å². The van der Waals surface area contributed by atoms with E-state index in [-0.39, 0.29) is 12.1 Å². The molecule has 0 aliphatic rings. The van der Waals surface area contributed by atoms with Crippen molar-refractivity contribution in [2.24, 2.45) is 0 Å². The van der Waals surface area contributed by atoms with Gasteiger partial charge in [0, 0.05) is 13.6 Å². The van der Waals surface area contributed by atoms with Crippen molar-refractivity contribution < 1.29 is 9.18 Å². The van der Waals surface area contributed by atoms with E-state index in [0.29, 0.717) is 11.4 Å². The number of rotatable bonds is 4. The summed E-state index contributed by atoms with van der Waals surface area (Å²) >= 11 is 0. The molecule has 5 nitrogen and oxygen atoms in total. The molecular formula is C15H13FN4O. The van der Waals surface area contributed by atoms with Crippen LogP contribution in [0.4, 0.5) is 10.2 Å². The van der Waals surface area contributed by atoms with Crippen LogP contribution in [0.15, 0.2) is 36.5 Å². The summed E-state index contributed by atoms with van der Waals surface area (Å²) in [6, 6.07) is 10.1. The van der Waals surface area contributed by atoms with Gasteiger partial charge in [0.05, 0.1) is 23.4 Å². The maximum Gasteiger partial charge on any atom is 0.255 e.